The summed E-state index contributed by atoms with van der Waals surface area (Å²) in [4.78, 5) is 0. The van der Waals surface area contributed by atoms with Crippen molar-refractivity contribution in [1.29, 1.82) is 0 Å². The molecule has 0 spiro atoms. The molecule has 0 saturated heterocycles. The highest BCUT2D eigenvalue weighted by molar-refractivity contribution is 5.81. The monoisotopic (exact) mass is 295 g/mol. The third-order valence-electron chi connectivity index (χ3n) is 3.83. The van der Waals surface area contributed by atoms with Crippen LogP contribution in [0.2, 0.25) is 0 Å². The van der Waals surface area contributed by atoms with Gasteiger partial charge in [0.15, 0.2) is 0 Å². The van der Waals surface area contributed by atoms with Gasteiger partial charge in [0, 0.05) is 12.5 Å². The van der Waals surface area contributed by atoms with Crippen molar-refractivity contribution in [2.24, 2.45) is 0 Å². The van der Waals surface area contributed by atoms with Crippen LogP contribution in [0.1, 0.15) is 44.2 Å². The van der Waals surface area contributed by atoms with Crippen LogP contribution in [0.15, 0.2) is 67.3 Å². The molecule has 2 aliphatic rings. The fourth-order valence-corrected chi connectivity index (χ4v) is 3.04. The zero-order chi connectivity index (χ0) is 16.5. The maximum atomic E-state index is 4.17. The molecule has 0 saturated carbocycles. The van der Waals surface area contributed by atoms with E-state index in [4.69, 9.17) is 0 Å². The first-order valence-corrected chi connectivity index (χ1v) is 8.14. The zero-order valence-corrected chi connectivity index (χ0v) is 14.3. The van der Waals surface area contributed by atoms with Gasteiger partial charge in [0.05, 0.1) is 0 Å². The van der Waals surface area contributed by atoms with E-state index in [-0.39, 0.29) is 0 Å². The Morgan fingerprint density at radius 3 is 2.50 bits per heavy atom. The number of hydrogen-bond donors (Lipinski definition) is 1. The lowest BCUT2D eigenvalue weighted by atomic mass is 9.88. The molecule has 0 radical (unpaired) electrons. The molecule has 118 valence electrons. The average molecular weight is 295 g/mol. The van der Waals surface area contributed by atoms with Gasteiger partial charge in [-0.05, 0) is 47.7 Å². The molecule has 1 unspecified atom stereocenters. The molecule has 1 aliphatic heterocycles. The Bertz CT molecular complexity index is 563. The minimum atomic E-state index is 0.353. The van der Waals surface area contributed by atoms with Crippen LogP contribution in [0.25, 0.3) is 5.57 Å². The number of hydrogen-bond acceptors (Lipinski definition) is 1. The van der Waals surface area contributed by atoms with Crippen LogP contribution in [-0.4, -0.2) is 13.1 Å². The standard InChI is InChI=1S/C16H17N.C3H6.C2H6/c1-3-11(2)16-14-7-5-4-6-12(14)13-8-9-17-10-15(13)16;1-3-2;1-2/h3-7,16-17H,1-2,8-10H2;3H,1H2,2H3;1-2H3. The van der Waals surface area contributed by atoms with Gasteiger partial charge in [0.25, 0.3) is 0 Å². The Kier molecular flexibility index (Phi) is 7.62. The SMILES string of the molecule is C=CC.C=CC(=C)C1C2=C(CCNC2)c2ccccc21.CC. The molecule has 0 bridgehead atoms. The normalized spacial score (nSPS) is 17.9. The molecule has 22 heavy (non-hydrogen) atoms. The first kappa shape index (κ1) is 18.2. The quantitative estimate of drug-likeness (QED) is 0.562. The zero-order valence-electron chi connectivity index (χ0n) is 14.3. The number of fused-ring (bicyclic) bond motifs is 2. The molecule has 1 nitrogen and oxygen atoms in total. The van der Waals surface area contributed by atoms with Crippen molar-refractivity contribution >= 4 is 5.57 Å². The summed E-state index contributed by atoms with van der Waals surface area (Å²) < 4.78 is 0. The van der Waals surface area contributed by atoms with Gasteiger partial charge in [-0.2, -0.15) is 0 Å². The third-order valence-corrected chi connectivity index (χ3v) is 3.83. The summed E-state index contributed by atoms with van der Waals surface area (Å²) in [6.07, 6.45) is 4.78. The second kappa shape index (κ2) is 9.22. The van der Waals surface area contributed by atoms with Crippen molar-refractivity contribution in [3.8, 4) is 0 Å². The summed E-state index contributed by atoms with van der Waals surface area (Å²) in [5.74, 6) is 0.353. The third kappa shape index (κ3) is 3.66. The highest BCUT2D eigenvalue weighted by Crippen LogP contribution is 2.47. The van der Waals surface area contributed by atoms with Gasteiger partial charge >= 0.3 is 0 Å². The summed E-state index contributed by atoms with van der Waals surface area (Å²) >= 11 is 0. The largest absolute Gasteiger partial charge is 0.313 e. The number of allylic oxidation sites excluding steroid dienone is 3. The average Bonchev–Trinajstić information content (AvgIpc) is 2.91. The smallest absolute Gasteiger partial charge is 0.0317 e. The number of rotatable bonds is 2. The maximum Gasteiger partial charge on any atom is 0.0317 e. The van der Waals surface area contributed by atoms with Crippen molar-refractivity contribution in [1.82, 2.24) is 5.32 Å². The molecule has 0 aromatic heterocycles. The predicted octanol–water partition coefficient (Wildman–Crippen LogP) is 5.49. The Balaban J connectivity index is 0.000000435. The van der Waals surface area contributed by atoms with Crippen molar-refractivity contribution < 1.29 is 0 Å². The van der Waals surface area contributed by atoms with Gasteiger partial charge in [0.1, 0.15) is 0 Å². The number of benzene rings is 1. The lowest BCUT2D eigenvalue weighted by molar-refractivity contribution is 0.695. The van der Waals surface area contributed by atoms with E-state index in [9.17, 15) is 0 Å². The van der Waals surface area contributed by atoms with E-state index in [0.29, 0.717) is 5.92 Å². The van der Waals surface area contributed by atoms with E-state index in [1.807, 2.05) is 26.8 Å². The second-order valence-corrected chi connectivity index (χ2v) is 5.14. The molecule has 1 aliphatic carbocycles. The molecular formula is C21H29N. The summed E-state index contributed by atoms with van der Waals surface area (Å²) in [6.45, 7) is 19.4. The van der Waals surface area contributed by atoms with Crippen LogP contribution in [-0.2, 0) is 0 Å². The van der Waals surface area contributed by atoms with Gasteiger partial charge in [-0.1, -0.05) is 63.4 Å². The van der Waals surface area contributed by atoms with Gasteiger partial charge in [0.2, 0.25) is 0 Å². The topological polar surface area (TPSA) is 12.0 Å². The Labute approximate surface area is 136 Å². The van der Waals surface area contributed by atoms with Crippen molar-refractivity contribution in [2.75, 3.05) is 13.1 Å². The van der Waals surface area contributed by atoms with Crippen LogP contribution in [0.5, 0.6) is 0 Å². The highest BCUT2D eigenvalue weighted by Gasteiger charge is 2.32. The van der Waals surface area contributed by atoms with Crippen LogP contribution in [0, 0.1) is 0 Å². The van der Waals surface area contributed by atoms with E-state index in [1.165, 1.54) is 22.3 Å². The van der Waals surface area contributed by atoms with Crippen LogP contribution in [0.3, 0.4) is 0 Å². The van der Waals surface area contributed by atoms with Gasteiger partial charge < -0.3 is 5.32 Å². The lowest BCUT2D eigenvalue weighted by Crippen LogP contribution is -2.25. The Morgan fingerprint density at radius 1 is 1.23 bits per heavy atom. The lowest BCUT2D eigenvalue weighted by Gasteiger charge is -2.21. The molecule has 0 amide bonds. The van der Waals surface area contributed by atoms with Crippen LogP contribution in [0.4, 0.5) is 0 Å². The Morgan fingerprint density at radius 2 is 1.86 bits per heavy atom. The molecule has 1 aromatic carbocycles. The molecule has 1 atom stereocenters. The number of nitrogens with one attached hydrogen (secondary N) is 1. The van der Waals surface area contributed by atoms with E-state index in [1.54, 1.807) is 6.08 Å². The highest BCUT2D eigenvalue weighted by atomic mass is 14.9. The predicted molar refractivity (Wildman–Crippen MR) is 100 cm³/mol. The van der Waals surface area contributed by atoms with E-state index in [0.717, 1.165) is 25.1 Å². The first-order chi connectivity index (χ1) is 10.7. The maximum absolute atomic E-state index is 4.17. The van der Waals surface area contributed by atoms with Crippen LogP contribution >= 0.6 is 0 Å². The molecule has 0 fully saturated rings. The summed E-state index contributed by atoms with van der Waals surface area (Å²) in [7, 11) is 0. The first-order valence-electron chi connectivity index (χ1n) is 8.14. The van der Waals surface area contributed by atoms with E-state index < -0.39 is 0 Å². The fraction of sp³-hybridized carbons (Fsp3) is 0.333. The van der Waals surface area contributed by atoms with E-state index in [2.05, 4.69) is 49.3 Å². The molecule has 1 heterocycles. The van der Waals surface area contributed by atoms with Crippen molar-refractivity contribution in [3.05, 3.63) is 78.4 Å². The Hall–Kier alpha value is -1.86. The fourth-order valence-electron chi connectivity index (χ4n) is 3.04. The molecular weight excluding hydrogens is 266 g/mol. The van der Waals surface area contributed by atoms with Crippen molar-refractivity contribution in [2.45, 2.75) is 33.1 Å². The summed E-state index contributed by atoms with van der Waals surface area (Å²) in [5.41, 5.74) is 6.99. The van der Waals surface area contributed by atoms with Gasteiger partial charge in [-0.15, -0.1) is 6.58 Å². The molecule has 1 aromatic rings. The van der Waals surface area contributed by atoms with Gasteiger partial charge in [-0.3, -0.25) is 0 Å². The summed E-state index contributed by atoms with van der Waals surface area (Å²) in [5, 5.41) is 3.47. The van der Waals surface area contributed by atoms with Crippen LogP contribution < -0.4 is 5.32 Å². The minimum absolute atomic E-state index is 0.353. The van der Waals surface area contributed by atoms with E-state index >= 15 is 0 Å². The molecule has 1 heteroatoms. The van der Waals surface area contributed by atoms with Gasteiger partial charge in [-0.25, -0.2) is 0 Å². The van der Waals surface area contributed by atoms with Crippen molar-refractivity contribution in [3.63, 3.8) is 0 Å². The molecule has 1 N–H and O–H groups in total. The molecule has 3 rings (SSSR count). The summed E-state index contributed by atoms with van der Waals surface area (Å²) in [6, 6.07) is 8.72. The minimum Gasteiger partial charge on any atom is -0.313 e. The second-order valence-electron chi connectivity index (χ2n) is 5.14.